The zero-order valence-corrected chi connectivity index (χ0v) is 8.79. The van der Waals surface area contributed by atoms with Crippen molar-refractivity contribution < 1.29 is 4.74 Å². The number of nitrogens with zero attached hydrogens (tertiary/aromatic N) is 2. The summed E-state index contributed by atoms with van der Waals surface area (Å²) in [5, 5.41) is 3.24. The predicted octanol–water partition coefficient (Wildman–Crippen LogP) is 0.775. The minimum Gasteiger partial charge on any atom is -0.383 e. The van der Waals surface area contributed by atoms with Gasteiger partial charge in [-0.25, -0.2) is 9.97 Å². The lowest BCUT2D eigenvalue weighted by Crippen LogP contribution is -2.19. The second-order valence-corrected chi connectivity index (χ2v) is 2.99. The third-order valence-corrected chi connectivity index (χ3v) is 1.87. The van der Waals surface area contributed by atoms with Crippen LogP contribution in [0.3, 0.4) is 0 Å². The average molecular weight is 195 g/mol. The summed E-state index contributed by atoms with van der Waals surface area (Å²) in [7, 11) is 1.70. The lowest BCUT2D eigenvalue weighted by molar-refractivity contribution is 0.199. The first kappa shape index (κ1) is 11.1. The Hall–Kier alpha value is -1.00. The number of ether oxygens (including phenoxy) is 1. The van der Waals surface area contributed by atoms with E-state index in [2.05, 4.69) is 22.2 Å². The number of hydrogen-bond acceptors (Lipinski definition) is 4. The molecule has 78 valence electrons. The summed E-state index contributed by atoms with van der Waals surface area (Å²) in [6.07, 6.45) is 2.69. The molecular weight excluding hydrogens is 178 g/mol. The first-order valence-electron chi connectivity index (χ1n) is 4.87. The molecule has 0 spiro atoms. The van der Waals surface area contributed by atoms with Gasteiger partial charge in [0.25, 0.3) is 0 Å². The molecule has 1 N–H and O–H groups in total. The third kappa shape index (κ3) is 3.81. The zero-order valence-electron chi connectivity index (χ0n) is 8.79. The maximum Gasteiger partial charge on any atom is 0.128 e. The standard InChI is InChI=1S/C10H17N3O/c1-3-10-12-5-4-9(13-10)8-11-6-7-14-2/h4-5,11H,3,6-8H2,1-2H3. The number of methoxy groups -OCH3 is 1. The van der Waals surface area contributed by atoms with Crippen molar-refractivity contribution in [3.05, 3.63) is 23.8 Å². The molecule has 1 aromatic rings. The fraction of sp³-hybridized carbons (Fsp3) is 0.600. The minimum atomic E-state index is 0.728. The molecule has 14 heavy (non-hydrogen) atoms. The number of hydrogen-bond donors (Lipinski definition) is 1. The van der Waals surface area contributed by atoms with E-state index in [0.717, 1.165) is 37.6 Å². The van der Waals surface area contributed by atoms with Crippen molar-refractivity contribution in [1.29, 1.82) is 0 Å². The van der Waals surface area contributed by atoms with Gasteiger partial charge in [0.05, 0.1) is 12.3 Å². The summed E-state index contributed by atoms with van der Waals surface area (Å²) < 4.78 is 4.93. The first-order valence-corrected chi connectivity index (χ1v) is 4.87. The van der Waals surface area contributed by atoms with E-state index >= 15 is 0 Å². The molecule has 0 unspecified atom stereocenters. The molecule has 0 radical (unpaired) electrons. The van der Waals surface area contributed by atoms with Gasteiger partial charge >= 0.3 is 0 Å². The van der Waals surface area contributed by atoms with Crippen LogP contribution < -0.4 is 5.32 Å². The number of aryl methyl sites for hydroxylation is 1. The lowest BCUT2D eigenvalue weighted by atomic mass is 10.3. The molecule has 0 aromatic carbocycles. The van der Waals surface area contributed by atoms with Gasteiger partial charge in [0.2, 0.25) is 0 Å². The van der Waals surface area contributed by atoms with E-state index in [1.54, 1.807) is 13.3 Å². The summed E-state index contributed by atoms with van der Waals surface area (Å²) in [4.78, 5) is 8.51. The smallest absolute Gasteiger partial charge is 0.128 e. The quantitative estimate of drug-likeness (QED) is 0.681. The maximum absolute atomic E-state index is 4.93. The van der Waals surface area contributed by atoms with Crippen LogP contribution in [0.15, 0.2) is 12.3 Å². The normalized spacial score (nSPS) is 10.4. The topological polar surface area (TPSA) is 47.0 Å². The summed E-state index contributed by atoms with van der Waals surface area (Å²) in [6, 6.07) is 1.93. The van der Waals surface area contributed by atoms with Crippen LogP contribution in [0.1, 0.15) is 18.4 Å². The van der Waals surface area contributed by atoms with Crippen LogP contribution in [0, 0.1) is 0 Å². The Labute approximate surface area is 84.7 Å². The Bertz CT molecular complexity index is 265. The third-order valence-electron chi connectivity index (χ3n) is 1.87. The second-order valence-electron chi connectivity index (χ2n) is 2.99. The van der Waals surface area contributed by atoms with Gasteiger partial charge in [0, 0.05) is 32.8 Å². The van der Waals surface area contributed by atoms with Gasteiger partial charge in [-0.15, -0.1) is 0 Å². The molecular formula is C10H17N3O. The molecule has 0 aliphatic heterocycles. The molecule has 0 aliphatic rings. The molecule has 4 nitrogen and oxygen atoms in total. The van der Waals surface area contributed by atoms with Crippen molar-refractivity contribution in [2.45, 2.75) is 19.9 Å². The monoisotopic (exact) mass is 195 g/mol. The largest absolute Gasteiger partial charge is 0.383 e. The summed E-state index contributed by atoms with van der Waals surface area (Å²) in [5.74, 6) is 0.899. The first-order chi connectivity index (χ1) is 6.86. The van der Waals surface area contributed by atoms with Crippen molar-refractivity contribution in [2.75, 3.05) is 20.3 Å². The highest BCUT2D eigenvalue weighted by molar-refractivity contribution is 5.01. The predicted molar refractivity (Wildman–Crippen MR) is 55.0 cm³/mol. The van der Waals surface area contributed by atoms with Crippen LogP contribution in [-0.2, 0) is 17.7 Å². The van der Waals surface area contributed by atoms with Crippen molar-refractivity contribution in [1.82, 2.24) is 15.3 Å². The number of rotatable bonds is 6. The van der Waals surface area contributed by atoms with Crippen molar-refractivity contribution in [2.24, 2.45) is 0 Å². The van der Waals surface area contributed by atoms with E-state index in [1.165, 1.54) is 0 Å². The van der Waals surface area contributed by atoms with Gasteiger partial charge in [-0.1, -0.05) is 6.92 Å². The van der Waals surface area contributed by atoms with Crippen LogP contribution in [-0.4, -0.2) is 30.2 Å². The second kappa shape index (κ2) is 6.45. The fourth-order valence-corrected chi connectivity index (χ4v) is 1.10. The van der Waals surface area contributed by atoms with E-state index in [4.69, 9.17) is 4.74 Å². The molecule has 0 amide bonds. The Morgan fingerprint density at radius 1 is 1.50 bits per heavy atom. The van der Waals surface area contributed by atoms with Crippen LogP contribution >= 0.6 is 0 Å². The summed E-state index contributed by atoms with van der Waals surface area (Å²) >= 11 is 0. The van der Waals surface area contributed by atoms with E-state index in [9.17, 15) is 0 Å². The molecule has 0 aliphatic carbocycles. The molecule has 1 heterocycles. The van der Waals surface area contributed by atoms with Gasteiger partial charge in [-0.3, -0.25) is 0 Å². The van der Waals surface area contributed by atoms with Gasteiger partial charge in [0.1, 0.15) is 5.82 Å². The van der Waals surface area contributed by atoms with E-state index in [1.807, 2.05) is 6.07 Å². The van der Waals surface area contributed by atoms with E-state index in [-0.39, 0.29) is 0 Å². The molecule has 4 heteroatoms. The molecule has 0 saturated carbocycles. The van der Waals surface area contributed by atoms with Crippen LogP contribution in [0.5, 0.6) is 0 Å². The number of nitrogens with one attached hydrogen (secondary N) is 1. The van der Waals surface area contributed by atoms with Gasteiger partial charge in [-0.2, -0.15) is 0 Å². The SMILES string of the molecule is CCc1nccc(CNCCOC)n1. The van der Waals surface area contributed by atoms with E-state index < -0.39 is 0 Å². The maximum atomic E-state index is 4.93. The van der Waals surface area contributed by atoms with Crippen LogP contribution in [0.2, 0.25) is 0 Å². The lowest BCUT2D eigenvalue weighted by Gasteiger charge is -2.04. The van der Waals surface area contributed by atoms with Gasteiger partial charge < -0.3 is 10.1 Å². The summed E-state index contributed by atoms with van der Waals surface area (Å²) in [6.45, 7) is 4.41. The van der Waals surface area contributed by atoms with Crippen molar-refractivity contribution >= 4 is 0 Å². The van der Waals surface area contributed by atoms with Crippen LogP contribution in [0.4, 0.5) is 0 Å². The Morgan fingerprint density at radius 2 is 2.36 bits per heavy atom. The average Bonchev–Trinajstić information content (AvgIpc) is 2.25. The molecule has 0 saturated heterocycles. The van der Waals surface area contributed by atoms with Gasteiger partial charge in [0.15, 0.2) is 0 Å². The highest BCUT2D eigenvalue weighted by atomic mass is 16.5. The van der Waals surface area contributed by atoms with Crippen molar-refractivity contribution in [3.8, 4) is 0 Å². The molecule has 1 rings (SSSR count). The summed E-state index contributed by atoms with van der Waals surface area (Å²) in [5.41, 5.74) is 1.04. The Kier molecular flexibility index (Phi) is 5.11. The highest BCUT2D eigenvalue weighted by Crippen LogP contribution is 1.95. The van der Waals surface area contributed by atoms with Crippen molar-refractivity contribution in [3.63, 3.8) is 0 Å². The minimum absolute atomic E-state index is 0.728. The molecule has 0 fully saturated rings. The zero-order chi connectivity index (χ0) is 10.2. The molecule has 0 bridgehead atoms. The number of aromatic nitrogens is 2. The highest BCUT2D eigenvalue weighted by Gasteiger charge is 1.96. The molecule has 0 atom stereocenters. The van der Waals surface area contributed by atoms with Gasteiger partial charge in [-0.05, 0) is 6.07 Å². The Morgan fingerprint density at radius 3 is 3.07 bits per heavy atom. The van der Waals surface area contributed by atoms with E-state index in [0.29, 0.717) is 0 Å². The Balaban J connectivity index is 2.34. The van der Waals surface area contributed by atoms with Crippen LogP contribution in [0.25, 0.3) is 0 Å². The fourth-order valence-electron chi connectivity index (χ4n) is 1.10. The molecule has 1 aromatic heterocycles.